The van der Waals surface area contributed by atoms with Crippen molar-refractivity contribution in [2.24, 2.45) is 0 Å². The van der Waals surface area contributed by atoms with Crippen molar-refractivity contribution in [2.45, 2.75) is 19.9 Å². The molecule has 3 heterocycles. The molecule has 1 aliphatic heterocycles. The number of carbonyl (C=O) groups excluding carboxylic acids is 1. The first-order valence-electron chi connectivity index (χ1n) is 11.6. The molecule has 0 aliphatic carbocycles. The van der Waals surface area contributed by atoms with Crippen LogP contribution < -0.4 is 10.1 Å². The number of hydrogen-bond acceptors (Lipinski definition) is 8. The van der Waals surface area contributed by atoms with Gasteiger partial charge in [0.2, 0.25) is 0 Å². The summed E-state index contributed by atoms with van der Waals surface area (Å²) in [5.74, 6) is 2.08. The number of anilines is 1. The Balaban J connectivity index is 0.00000304. The lowest BCUT2D eigenvalue weighted by atomic mass is 10.1. The monoisotopic (exact) mass is 491 g/mol. The van der Waals surface area contributed by atoms with Crippen molar-refractivity contribution in [3.05, 3.63) is 65.4 Å². The highest BCUT2D eigenvalue weighted by Crippen LogP contribution is 2.28. The molecule has 1 fully saturated rings. The van der Waals surface area contributed by atoms with Gasteiger partial charge in [0.15, 0.2) is 6.61 Å². The number of carbonyl (C=O) groups is 1. The molecule has 8 nitrogen and oxygen atoms in total. The molecular weight excluding hydrogens is 462 g/mol. The van der Waals surface area contributed by atoms with E-state index < -0.39 is 0 Å². The summed E-state index contributed by atoms with van der Waals surface area (Å²) in [7, 11) is 0. The van der Waals surface area contributed by atoms with Gasteiger partial charge in [0.05, 0.1) is 40.7 Å². The number of fused-ring (bicyclic) bond motifs is 1. The van der Waals surface area contributed by atoms with Gasteiger partial charge in [-0.3, -0.25) is 4.79 Å². The second-order valence-electron chi connectivity index (χ2n) is 8.44. The van der Waals surface area contributed by atoms with Gasteiger partial charge in [-0.1, -0.05) is 18.2 Å². The molecule has 0 spiro atoms. The van der Waals surface area contributed by atoms with Crippen LogP contribution in [0.1, 0.15) is 25.8 Å². The topological polar surface area (TPSA) is 89.5 Å². The van der Waals surface area contributed by atoms with Crippen LogP contribution in [-0.2, 0) is 9.53 Å². The molecule has 35 heavy (non-hydrogen) atoms. The van der Waals surface area contributed by atoms with E-state index in [1.165, 1.54) is 0 Å². The first-order valence-corrected chi connectivity index (χ1v) is 12.5. The maximum Gasteiger partial charge on any atom is 0.260 e. The van der Waals surface area contributed by atoms with E-state index in [1.807, 2.05) is 54.9 Å². The predicted molar refractivity (Wildman–Crippen MR) is 139 cm³/mol. The number of nitrogens with one attached hydrogen (secondary N) is 1. The third-order valence-corrected chi connectivity index (χ3v) is 6.71. The van der Waals surface area contributed by atoms with Gasteiger partial charge in [-0.05, 0) is 43.7 Å². The maximum absolute atomic E-state index is 12.4. The van der Waals surface area contributed by atoms with Gasteiger partial charge in [-0.25, -0.2) is 15.0 Å². The van der Waals surface area contributed by atoms with Crippen LogP contribution in [0.2, 0.25) is 0 Å². The van der Waals surface area contributed by atoms with E-state index in [4.69, 9.17) is 9.47 Å². The van der Waals surface area contributed by atoms with E-state index in [2.05, 4.69) is 33.3 Å². The van der Waals surface area contributed by atoms with Crippen LogP contribution in [0.4, 0.5) is 5.82 Å². The van der Waals surface area contributed by atoms with E-state index >= 15 is 0 Å². The Hall–Kier alpha value is -3.56. The lowest BCUT2D eigenvalue weighted by Gasteiger charge is -2.26. The number of thiazole rings is 1. The van der Waals surface area contributed by atoms with Crippen molar-refractivity contribution < 1.29 is 15.7 Å². The molecule has 0 bridgehead atoms. The van der Waals surface area contributed by atoms with Crippen LogP contribution in [0, 0.1) is 6.92 Å². The van der Waals surface area contributed by atoms with E-state index in [0.29, 0.717) is 37.9 Å². The Morgan fingerprint density at radius 3 is 2.91 bits per heavy atom. The highest BCUT2D eigenvalue weighted by Gasteiger charge is 2.17. The average Bonchev–Trinajstić information content (AvgIpc) is 3.36. The van der Waals surface area contributed by atoms with Crippen molar-refractivity contribution in [2.75, 3.05) is 38.2 Å². The molecule has 2 aromatic carbocycles. The van der Waals surface area contributed by atoms with Crippen LogP contribution in [0.25, 0.3) is 21.5 Å². The molecule has 1 unspecified atom stereocenters. The maximum atomic E-state index is 12.4. The third kappa shape index (κ3) is 5.58. The molecular formula is C26H29N5O3S. The summed E-state index contributed by atoms with van der Waals surface area (Å²) < 4.78 is 12.2. The van der Waals surface area contributed by atoms with Gasteiger partial charge >= 0.3 is 0 Å². The number of benzene rings is 2. The number of morpholine rings is 1. The molecule has 2 aromatic heterocycles. The zero-order chi connectivity index (χ0) is 24.2. The van der Waals surface area contributed by atoms with Crippen LogP contribution in [0.5, 0.6) is 5.75 Å². The third-order valence-electron chi connectivity index (χ3n) is 5.91. The average molecular weight is 492 g/mol. The highest BCUT2D eigenvalue weighted by molar-refractivity contribution is 7.16. The summed E-state index contributed by atoms with van der Waals surface area (Å²) in [6, 6.07) is 15.9. The normalized spacial score (nSPS) is 14.6. The van der Waals surface area contributed by atoms with Crippen LogP contribution in [-0.4, -0.2) is 58.7 Å². The molecule has 1 atom stereocenters. The van der Waals surface area contributed by atoms with Gasteiger partial charge in [-0.2, -0.15) is 0 Å². The van der Waals surface area contributed by atoms with E-state index in [-0.39, 0.29) is 20.0 Å². The second-order valence-corrected chi connectivity index (χ2v) is 9.33. The molecule has 0 radical (unpaired) electrons. The summed E-state index contributed by atoms with van der Waals surface area (Å²) in [5, 5.41) is 3.48. The molecule has 1 N–H and O–H groups in total. The lowest BCUT2D eigenvalue weighted by Crippen LogP contribution is -2.42. The van der Waals surface area contributed by atoms with Crippen molar-refractivity contribution in [1.29, 1.82) is 0 Å². The molecule has 5 rings (SSSR count). The number of hydrogen-bond donors (Lipinski definition) is 1. The summed E-state index contributed by atoms with van der Waals surface area (Å²) in [5.41, 5.74) is 5.77. The van der Waals surface area contributed by atoms with E-state index in [9.17, 15) is 4.79 Å². The van der Waals surface area contributed by atoms with E-state index in [0.717, 1.165) is 32.9 Å². The predicted octanol–water partition coefficient (Wildman–Crippen LogP) is 4.72. The van der Waals surface area contributed by atoms with Crippen molar-refractivity contribution in [3.8, 4) is 17.0 Å². The number of rotatable bonds is 7. The Morgan fingerprint density at radius 2 is 2.06 bits per heavy atom. The molecule has 182 valence electrons. The van der Waals surface area contributed by atoms with Gasteiger partial charge in [0.25, 0.3) is 5.91 Å². The second kappa shape index (κ2) is 10.4. The lowest BCUT2D eigenvalue weighted by molar-refractivity contribution is -0.137. The van der Waals surface area contributed by atoms with Crippen LogP contribution >= 0.6 is 11.3 Å². The zero-order valence-electron chi connectivity index (χ0n) is 19.7. The molecule has 4 aromatic rings. The van der Waals surface area contributed by atoms with Gasteiger partial charge in [0.1, 0.15) is 17.4 Å². The summed E-state index contributed by atoms with van der Waals surface area (Å²) >= 11 is 1.62. The zero-order valence-corrected chi connectivity index (χ0v) is 20.5. The molecule has 1 amide bonds. The number of ether oxygens (including phenoxy) is 2. The SMILES string of the molecule is Cc1nc(NC(C)c2cccc(OCC(=O)N3CCOCC3)c2)cc(-c2ccc3ncsc3c2)n1.[HH]. The highest BCUT2D eigenvalue weighted by atomic mass is 32.1. The van der Waals surface area contributed by atoms with Crippen molar-refractivity contribution in [3.63, 3.8) is 0 Å². The summed E-state index contributed by atoms with van der Waals surface area (Å²) in [6.07, 6.45) is 0. The van der Waals surface area contributed by atoms with Crippen molar-refractivity contribution >= 4 is 33.3 Å². The Bertz CT molecular complexity index is 1340. The first kappa shape index (κ1) is 23.2. The molecule has 0 saturated carbocycles. The Morgan fingerprint density at radius 1 is 1.20 bits per heavy atom. The number of aromatic nitrogens is 3. The fraction of sp³-hybridized carbons (Fsp3) is 0.308. The quantitative estimate of drug-likeness (QED) is 0.400. The van der Waals surface area contributed by atoms with Crippen LogP contribution in [0.3, 0.4) is 0 Å². The van der Waals surface area contributed by atoms with Crippen molar-refractivity contribution in [1.82, 2.24) is 19.9 Å². The number of aryl methyl sites for hydroxylation is 1. The van der Waals surface area contributed by atoms with E-state index in [1.54, 1.807) is 16.2 Å². The van der Waals surface area contributed by atoms with Gasteiger partial charge < -0.3 is 19.7 Å². The fourth-order valence-electron chi connectivity index (χ4n) is 4.03. The molecule has 1 aliphatic rings. The minimum Gasteiger partial charge on any atom is -0.484 e. The first-order chi connectivity index (χ1) is 17.0. The molecule has 9 heteroatoms. The Kier molecular flexibility index (Phi) is 6.87. The summed E-state index contributed by atoms with van der Waals surface area (Å²) in [4.78, 5) is 27.7. The number of amides is 1. The minimum atomic E-state index is -0.0281. The largest absolute Gasteiger partial charge is 0.484 e. The number of nitrogens with zero attached hydrogens (tertiary/aromatic N) is 4. The Labute approximate surface area is 209 Å². The smallest absolute Gasteiger partial charge is 0.260 e. The molecule has 1 saturated heterocycles. The van der Waals surface area contributed by atoms with Gasteiger partial charge in [-0.15, -0.1) is 11.3 Å². The standard InChI is InChI=1S/C26H27N5O3S.H2/c1-17(19-4-3-5-21(12-19)34-15-26(32)31-8-10-33-11-9-31)28-25-14-23(29-18(2)30-25)20-6-7-22-24(13-20)35-16-27-22;/h3-7,12-14,16-17H,8-11,15H2,1-2H3,(H,28,29,30);1H. The van der Waals surface area contributed by atoms with Crippen LogP contribution in [0.15, 0.2) is 54.0 Å². The fourth-order valence-corrected chi connectivity index (χ4v) is 4.75. The van der Waals surface area contributed by atoms with Gasteiger partial charge in [0, 0.05) is 26.1 Å². The minimum absolute atomic E-state index is 0. The summed E-state index contributed by atoms with van der Waals surface area (Å²) in [6.45, 7) is 6.36.